The van der Waals surface area contributed by atoms with Gasteiger partial charge in [0.05, 0.1) is 5.88 Å². The van der Waals surface area contributed by atoms with Crippen molar-refractivity contribution >= 4 is 22.4 Å². The number of halogens is 1. The van der Waals surface area contributed by atoms with Crippen molar-refractivity contribution in [2.24, 2.45) is 0 Å². The lowest BCUT2D eigenvalue weighted by atomic mass is 10.1. The Balaban J connectivity index is 2.23. The highest BCUT2D eigenvalue weighted by atomic mass is 35.5. The molecule has 2 aromatic rings. The van der Waals surface area contributed by atoms with Crippen LogP contribution in [-0.2, 0) is 0 Å². The minimum atomic E-state index is -0.640. The van der Waals surface area contributed by atoms with Gasteiger partial charge >= 0.3 is 0 Å². The molecule has 0 saturated heterocycles. The third-order valence-electron chi connectivity index (χ3n) is 2.25. The number of aliphatic hydroxyl groups excluding tert-OH is 1. The molecule has 0 aliphatic rings. The van der Waals surface area contributed by atoms with Crippen molar-refractivity contribution in [1.29, 1.82) is 0 Å². The van der Waals surface area contributed by atoms with Gasteiger partial charge in [-0.25, -0.2) is 0 Å². The van der Waals surface area contributed by atoms with Gasteiger partial charge in [-0.15, -0.1) is 11.6 Å². The average molecular weight is 238 g/mol. The van der Waals surface area contributed by atoms with Gasteiger partial charge in [0.1, 0.15) is 18.5 Å². The molecule has 0 spiro atoms. The quantitative estimate of drug-likeness (QED) is 0.830. The second-order valence-electron chi connectivity index (χ2n) is 3.47. The van der Waals surface area contributed by atoms with Crippen LogP contribution in [0.4, 0.5) is 0 Å². The third-order valence-corrected chi connectivity index (χ3v) is 2.61. The van der Waals surface area contributed by atoms with Crippen LogP contribution in [0.2, 0.25) is 0 Å². The SMILES string of the molecule is OC(CCl)COc1cccc2cnccc12. The Hall–Kier alpha value is -1.32. The Kier molecular flexibility index (Phi) is 3.59. The summed E-state index contributed by atoms with van der Waals surface area (Å²) in [6, 6.07) is 7.61. The molecule has 0 radical (unpaired) electrons. The van der Waals surface area contributed by atoms with E-state index in [2.05, 4.69) is 4.98 Å². The van der Waals surface area contributed by atoms with E-state index in [0.29, 0.717) is 0 Å². The van der Waals surface area contributed by atoms with Crippen LogP contribution in [0.25, 0.3) is 10.8 Å². The Morgan fingerprint density at radius 2 is 2.25 bits per heavy atom. The van der Waals surface area contributed by atoms with Crippen LogP contribution in [0.1, 0.15) is 0 Å². The first-order valence-electron chi connectivity index (χ1n) is 5.01. The summed E-state index contributed by atoms with van der Waals surface area (Å²) in [5.74, 6) is 0.913. The molecule has 16 heavy (non-hydrogen) atoms. The molecule has 1 aromatic heterocycles. The standard InChI is InChI=1S/C12H12ClNO2/c13-6-10(15)8-16-12-3-1-2-9-7-14-5-4-11(9)12/h1-5,7,10,15H,6,8H2. The molecule has 2 rings (SSSR count). The van der Waals surface area contributed by atoms with Gasteiger partial charge in [-0.2, -0.15) is 0 Å². The molecule has 0 fully saturated rings. The first kappa shape index (κ1) is 11.2. The molecule has 0 aliphatic carbocycles. The van der Waals surface area contributed by atoms with Gasteiger partial charge in [-0.1, -0.05) is 12.1 Å². The van der Waals surface area contributed by atoms with Crippen LogP contribution in [0.15, 0.2) is 36.7 Å². The van der Waals surface area contributed by atoms with Gasteiger partial charge in [-0.05, 0) is 12.1 Å². The molecule has 1 atom stereocenters. The largest absolute Gasteiger partial charge is 0.490 e. The highest BCUT2D eigenvalue weighted by Crippen LogP contribution is 2.24. The number of alkyl halides is 1. The molecule has 0 amide bonds. The summed E-state index contributed by atoms with van der Waals surface area (Å²) < 4.78 is 5.51. The number of benzene rings is 1. The van der Waals surface area contributed by atoms with Crippen molar-refractivity contribution in [3.05, 3.63) is 36.7 Å². The Bertz CT molecular complexity index is 470. The molecule has 1 heterocycles. The Labute approximate surface area is 98.6 Å². The maximum Gasteiger partial charge on any atom is 0.127 e. The van der Waals surface area contributed by atoms with Crippen LogP contribution >= 0.6 is 11.6 Å². The Morgan fingerprint density at radius 1 is 1.38 bits per heavy atom. The highest BCUT2D eigenvalue weighted by Gasteiger charge is 2.05. The molecule has 1 unspecified atom stereocenters. The number of hydrogen-bond acceptors (Lipinski definition) is 3. The van der Waals surface area contributed by atoms with Gasteiger partial charge < -0.3 is 9.84 Å². The summed E-state index contributed by atoms with van der Waals surface area (Å²) in [4.78, 5) is 4.04. The predicted molar refractivity (Wildman–Crippen MR) is 64.0 cm³/mol. The molecular formula is C12H12ClNO2. The maximum absolute atomic E-state index is 9.32. The number of aromatic nitrogens is 1. The van der Waals surface area contributed by atoms with E-state index >= 15 is 0 Å². The highest BCUT2D eigenvalue weighted by molar-refractivity contribution is 6.18. The number of nitrogens with zero attached hydrogens (tertiary/aromatic N) is 1. The summed E-state index contributed by atoms with van der Waals surface area (Å²) in [5, 5.41) is 11.3. The van der Waals surface area contributed by atoms with Crippen molar-refractivity contribution in [2.45, 2.75) is 6.10 Å². The number of pyridine rings is 1. The molecule has 0 saturated carbocycles. The van der Waals surface area contributed by atoms with Crippen molar-refractivity contribution in [3.8, 4) is 5.75 Å². The van der Waals surface area contributed by atoms with Crippen LogP contribution in [0.3, 0.4) is 0 Å². The van der Waals surface area contributed by atoms with Crippen molar-refractivity contribution in [3.63, 3.8) is 0 Å². The topological polar surface area (TPSA) is 42.4 Å². The number of hydrogen-bond donors (Lipinski definition) is 1. The molecule has 0 aliphatic heterocycles. The van der Waals surface area contributed by atoms with Gasteiger partial charge in [0.25, 0.3) is 0 Å². The van der Waals surface area contributed by atoms with Gasteiger partial charge in [0.2, 0.25) is 0 Å². The zero-order valence-corrected chi connectivity index (χ0v) is 9.39. The molecule has 1 N–H and O–H groups in total. The molecular weight excluding hydrogens is 226 g/mol. The summed E-state index contributed by atoms with van der Waals surface area (Å²) in [5.41, 5.74) is 0. The fourth-order valence-electron chi connectivity index (χ4n) is 1.45. The number of aliphatic hydroxyl groups is 1. The van der Waals surface area contributed by atoms with Crippen LogP contribution in [0.5, 0.6) is 5.75 Å². The van der Waals surface area contributed by atoms with Gasteiger partial charge in [0.15, 0.2) is 0 Å². The van der Waals surface area contributed by atoms with Crippen molar-refractivity contribution in [1.82, 2.24) is 4.98 Å². The number of ether oxygens (including phenoxy) is 1. The van der Waals surface area contributed by atoms with E-state index in [-0.39, 0.29) is 12.5 Å². The molecule has 1 aromatic carbocycles. The second kappa shape index (κ2) is 5.14. The fraction of sp³-hybridized carbons (Fsp3) is 0.250. The maximum atomic E-state index is 9.32. The minimum absolute atomic E-state index is 0.173. The normalized spacial score (nSPS) is 12.6. The van der Waals surface area contributed by atoms with Crippen molar-refractivity contribution < 1.29 is 9.84 Å². The van der Waals surface area contributed by atoms with Crippen molar-refractivity contribution in [2.75, 3.05) is 12.5 Å². The second-order valence-corrected chi connectivity index (χ2v) is 3.78. The van der Waals surface area contributed by atoms with Crippen LogP contribution in [-0.4, -0.2) is 28.7 Å². The lowest BCUT2D eigenvalue weighted by Gasteiger charge is -2.11. The van der Waals surface area contributed by atoms with Crippen LogP contribution in [0, 0.1) is 0 Å². The number of rotatable bonds is 4. The molecule has 84 valence electrons. The van der Waals surface area contributed by atoms with E-state index < -0.39 is 6.10 Å². The summed E-state index contributed by atoms with van der Waals surface area (Å²) in [6.45, 7) is 0.199. The third kappa shape index (κ3) is 2.43. The van der Waals surface area contributed by atoms with E-state index in [4.69, 9.17) is 16.3 Å². The van der Waals surface area contributed by atoms with E-state index in [1.54, 1.807) is 12.4 Å². The summed E-state index contributed by atoms with van der Waals surface area (Å²) in [7, 11) is 0. The van der Waals surface area contributed by atoms with Gasteiger partial charge in [-0.3, -0.25) is 4.98 Å². The molecule has 4 heteroatoms. The Morgan fingerprint density at radius 3 is 3.06 bits per heavy atom. The zero-order chi connectivity index (χ0) is 11.4. The lowest BCUT2D eigenvalue weighted by molar-refractivity contribution is 0.126. The average Bonchev–Trinajstić information content (AvgIpc) is 2.35. The van der Waals surface area contributed by atoms with E-state index in [0.717, 1.165) is 16.5 Å². The van der Waals surface area contributed by atoms with Crippen LogP contribution < -0.4 is 4.74 Å². The zero-order valence-electron chi connectivity index (χ0n) is 8.64. The first-order valence-corrected chi connectivity index (χ1v) is 5.54. The summed E-state index contributed by atoms with van der Waals surface area (Å²) in [6.07, 6.45) is 2.85. The van der Waals surface area contributed by atoms with E-state index in [1.165, 1.54) is 0 Å². The first-order chi connectivity index (χ1) is 7.81. The number of fused-ring (bicyclic) bond motifs is 1. The predicted octanol–water partition coefficient (Wildman–Crippen LogP) is 2.21. The van der Waals surface area contributed by atoms with E-state index in [1.807, 2.05) is 24.3 Å². The van der Waals surface area contributed by atoms with Gasteiger partial charge in [0, 0.05) is 23.2 Å². The minimum Gasteiger partial charge on any atom is -0.490 e. The molecule has 0 bridgehead atoms. The fourth-order valence-corrected chi connectivity index (χ4v) is 1.54. The smallest absolute Gasteiger partial charge is 0.127 e. The monoisotopic (exact) mass is 237 g/mol. The summed E-state index contributed by atoms with van der Waals surface area (Å²) >= 11 is 5.50. The van der Waals surface area contributed by atoms with E-state index in [9.17, 15) is 5.11 Å². The molecule has 3 nitrogen and oxygen atoms in total. The lowest BCUT2D eigenvalue weighted by Crippen LogP contribution is -2.18.